The summed E-state index contributed by atoms with van der Waals surface area (Å²) in [5.74, 6) is 0.934. The number of nitrogens with zero attached hydrogens (tertiary/aromatic N) is 2. The van der Waals surface area contributed by atoms with Crippen molar-refractivity contribution in [2.45, 2.75) is 45.6 Å². The summed E-state index contributed by atoms with van der Waals surface area (Å²) < 4.78 is 1.97. The molecule has 1 heterocycles. The predicted molar refractivity (Wildman–Crippen MR) is 66.3 cm³/mol. The van der Waals surface area contributed by atoms with Crippen LogP contribution in [0.25, 0.3) is 0 Å². The zero-order chi connectivity index (χ0) is 11.5. The maximum absolute atomic E-state index is 4.35. The number of nitrogens with one attached hydrogen (secondary N) is 1. The van der Waals surface area contributed by atoms with Crippen LogP contribution in [-0.2, 0) is 7.05 Å². The number of hydrogen-bond donors (Lipinski definition) is 1. The van der Waals surface area contributed by atoms with E-state index in [4.69, 9.17) is 0 Å². The first-order valence-corrected chi connectivity index (χ1v) is 6.44. The lowest BCUT2D eigenvalue weighted by Gasteiger charge is -2.30. The van der Waals surface area contributed by atoms with Crippen molar-refractivity contribution in [1.29, 1.82) is 0 Å². The smallest absolute Gasteiger partial charge is 0.0540 e. The molecule has 1 N–H and O–H groups in total. The van der Waals surface area contributed by atoms with Gasteiger partial charge in [-0.25, -0.2) is 0 Å². The first-order valence-electron chi connectivity index (χ1n) is 6.44. The summed E-state index contributed by atoms with van der Waals surface area (Å²) in [5, 5.41) is 7.95. The van der Waals surface area contributed by atoms with Gasteiger partial charge in [0.25, 0.3) is 0 Å². The van der Waals surface area contributed by atoms with E-state index in [0.717, 1.165) is 12.5 Å². The maximum Gasteiger partial charge on any atom is 0.0540 e. The summed E-state index contributed by atoms with van der Waals surface area (Å²) in [6.45, 7) is 5.37. The molecule has 1 aromatic heterocycles. The van der Waals surface area contributed by atoms with E-state index in [1.807, 2.05) is 17.9 Å². The van der Waals surface area contributed by atoms with Crippen molar-refractivity contribution in [2.75, 3.05) is 6.54 Å². The topological polar surface area (TPSA) is 29.9 Å². The van der Waals surface area contributed by atoms with Crippen molar-refractivity contribution >= 4 is 0 Å². The predicted octanol–water partition coefficient (Wildman–Crippen LogP) is 2.57. The molecule has 3 heteroatoms. The summed E-state index contributed by atoms with van der Waals surface area (Å²) in [5.41, 5.74) is 2.68. The second kappa shape index (κ2) is 5.00. The minimum absolute atomic E-state index is 0.504. The molecule has 2 rings (SSSR count). The van der Waals surface area contributed by atoms with Crippen LogP contribution in [0.15, 0.2) is 6.20 Å². The molecule has 1 aliphatic carbocycles. The van der Waals surface area contributed by atoms with Gasteiger partial charge in [-0.05, 0) is 25.8 Å². The Morgan fingerprint density at radius 1 is 1.56 bits per heavy atom. The second-order valence-electron chi connectivity index (χ2n) is 4.95. The lowest BCUT2D eigenvalue weighted by molar-refractivity contribution is 0.262. The van der Waals surface area contributed by atoms with Crippen LogP contribution in [0, 0.1) is 12.8 Å². The van der Waals surface area contributed by atoms with Gasteiger partial charge in [-0.15, -0.1) is 0 Å². The van der Waals surface area contributed by atoms with Crippen LogP contribution in [0.2, 0.25) is 0 Å². The molecule has 0 spiro atoms. The molecule has 1 fully saturated rings. The largest absolute Gasteiger partial charge is 0.310 e. The van der Waals surface area contributed by atoms with E-state index in [2.05, 4.69) is 24.3 Å². The van der Waals surface area contributed by atoms with Crippen molar-refractivity contribution < 1.29 is 0 Å². The van der Waals surface area contributed by atoms with Crippen LogP contribution < -0.4 is 5.32 Å². The maximum atomic E-state index is 4.35. The third-order valence-corrected chi connectivity index (χ3v) is 3.89. The first kappa shape index (κ1) is 11.6. The summed E-state index contributed by atoms with van der Waals surface area (Å²) in [6, 6.07) is 0.504. The second-order valence-corrected chi connectivity index (χ2v) is 4.95. The van der Waals surface area contributed by atoms with Gasteiger partial charge in [0.2, 0.25) is 0 Å². The molecule has 0 aromatic carbocycles. The monoisotopic (exact) mass is 221 g/mol. The average Bonchev–Trinajstić information content (AvgIpc) is 2.52. The number of aryl methyl sites for hydroxylation is 1. The molecule has 0 radical (unpaired) electrons. The Labute approximate surface area is 98.2 Å². The van der Waals surface area contributed by atoms with Crippen molar-refractivity contribution in [2.24, 2.45) is 13.0 Å². The summed E-state index contributed by atoms with van der Waals surface area (Å²) in [4.78, 5) is 0. The van der Waals surface area contributed by atoms with Gasteiger partial charge < -0.3 is 5.32 Å². The lowest BCUT2D eigenvalue weighted by atomic mass is 9.79. The SMILES string of the molecule is CCNC(CC1CCC1)c1cnn(C)c1C. The van der Waals surface area contributed by atoms with Gasteiger partial charge in [0.15, 0.2) is 0 Å². The standard InChI is InChI=1S/C13H23N3/c1-4-14-13(8-11-6-5-7-11)12-9-15-16(3)10(12)2/h9,11,13-14H,4-8H2,1-3H3. The molecule has 0 aliphatic heterocycles. The van der Waals surface area contributed by atoms with E-state index in [0.29, 0.717) is 6.04 Å². The van der Waals surface area contributed by atoms with Crippen molar-refractivity contribution in [1.82, 2.24) is 15.1 Å². The van der Waals surface area contributed by atoms with Gasteiger partial charge in [-0.1, -0.05) is 26.2 Å². The highest BCUT2D eigenvalue weighted by atomic mass is 15.3. The van der Waals surface area contributed by atoms with Crippen LogP contribution in [0.5, 0.6) is 0 Å². The van der Waals surface area contributed by atoms with Crippen LogP contribution in [-0.4, -0.2) is 16.3 Å². The van der Waals surface area contributed by atoms with E-state index in [-0.39, 0.29) is 0 Å². The van der Waals surface area contributed by atoms with Crippen LogP contribution in [0.3, 0.4) is 0 Å². The average molecular weight is 221 g/mol. The van der Waals surface area contributed by atoms with E-state index >= 15 is 0 Å². The molecule has 1 aliphatic rings. The Balaban J connectivity index is 2.07. The Morgan fingerprint density at radius 2 is 2.31 bits per heavy atom. The molecule has 1 unspecified atom stereocenters. The number of aromatic nitrogens is 2. The van der Waals surface area contributed by atoms with Crippen LogP contribution >= 0.6 is 0 Å². The normalized spacial score (nSPS) is 18.4. The Morgan fingerprint density at radius 3 is 2.75 bits per heavy atom. The molecule has 0 amide bonds. The molecule has 0 saturated heterocycles. The zero-order valence-electron chi connectivity index (χ0n) is 10.7. The highest BCUT2D eigenvalue weighted by Gasteiger charge is 2.24. The molecular formula is C13H23N3. The summed E-state index contributed by atoms with van der Waals surface area (Å²) in [7, 11) is 2.02. The van der Waals surface area contributed by atoms with Gasteiger partial charge in [0.1, 0.15) is 0 Å². The molecule has 1 aromatic rings. The van der Waals surface area contributed by atoms with Crippen molar-refractivity contribution in [3.05, 3.63) is 17.5 Å². The highest BCUT2D eigenvalue weighted by molar-refractivity contribution is 5.20. The third kappa shape index (κ3) is 2.29. The van der Waals surface area contributed by atoms with E-state index in [9.17, 15) is 0 Å². The van der Waals surface area contributed by atoms with Gasteiger partial charge in [-0.3, -0.25) is 4.68 Å². The fourth-order valence-corrected chi connectivity index (χ4v) is 2.49. The molecule has 1 atom stereocenters. The van der Waals surface area contributed by atoms with Crippen LogP contribution in [0.4, 0.5) is 0 Å². The van der Waals surface area contributed by atoms with Gasteiger partial charge in [-0.2, -0.15) is 5.10 Å². The molecule has 0 bridgehead atoms. The lowest BCUT2D eigenvalue weighted by Crippen LogP contribution is -2.26. The van der Waals surface area contributed by atoms with E-state index in [1.54, 1.807) is 0 Å². The molecule has 16 heavy (non-hydrogen) atoms. The Kier molecular flexibility index (Phi) is 3.64. The summed E-state index contributed by atoms with van der Waals surface area (Å²) in [6.07, 6.45) is 7.57. The van der Waals surface area contributed by atoms with Gasteiger partial charge in [0.05, 0.1) is 6.20 Å². The molecular weight excluding hydrogens is 198 g/mol. The highest BCUT2D eigenvalue weighted by Crippen LogP contribution is 2.35. The fraction of sp³-hybridized carbons (Fsp3) is 0.769. The minimum Gasteiger partial charge on any atom is -0.310 e. The molecule has 1 saturated carbocycles. The number of hydrogen-bond acceptors (Lipinski definition) is 2. The van der Waals surface area contributed by atoms with Crippen molar-refractivity contribution in [3.8, 4) is 0 Å². The molecule has 90 valence electrons. The quantitative estimate of drug-likeness (QED) is 0.828. The first-order chi connectivity index (χ1) is 7.72. The zero-order valence-corrected chi connectivity index (χ0v) is 10.7. The van der Waals surface area contributed by atoms with E-state index in [1.165, 1.54) is 36.9 Å². The van der Waals surface area contributed by atoms with Crippen molar-refractivity contribution in [3.63, 3.8) is 0 Å². The minimum atomic E-state index is 0.504. The summed E-state index contributed by atoms with van der Waals surface area (Å²) >= 11 is 0. The fourth-order valence-electron chi connectivity index (χ4n) is 2.49. The van der Waals surface area contributed by atoms with E-state index < -0.39 is 0 Å². The van der Waals surface area contributed by atoms with Gasteiger partial charge in [0, 0.05) is 24.3 Å². The Hall–Kier alpha value is -0.830. The third-order valence-electron chi connectivity index (χ3n) is 3.89. The molecule has 3 nitrogen and oxygen atoms in total. The number of rotatable bonds is 5. The van der Waals surface area contributed by atoms with Gasteiger partial charge >= 0.3 is 0 Å². The van der Waals surface area contributed by atoms with Crippen LogP contribution in [0.1, 0.15) is 49.9 Å². The Bertz CT molecular complexity index is 339.